The van der Waals surface area contributed by atoms with Crippen molar-refractivity contribution in [3.05, 3.63) is 35.9 Å². The molecule has 35 heavy (non-hydrogen) atoms. The lowest BCUT2D eigenvalue weighted by Gasteiger charge is -2.49. The summed E-state index contributed by atoms with van der Waals surface area (Å²) in [6.45, 7) is 4.64. The summed E-state index contributed by atoms with van der Waals surface area (Å²) in [4.78, 5) is 42.4. The molecule has 2 aliphatic carbocycles. The molecule has 0 bridgehead atoms. The first-order valence-corrected chi connectivity index (χ1v) is 13.0. The minimum Gasteiger partial charge on any atom is -0.357 e. The van der Waals surface area contributed by atoms with Gasteiger partial charge in [-0.3, -0.25) is 9.59 Å². The molecule has 3 aliphatic rings. The molecule has 1 saturated heterocycles. The first-order valence-electron chi connectivity index (χ1n) is 13.0. The van der Waals surface area contributed by atoms with Crippen LogP contribution in [0.3, 0.4) is 0 Å². The van der Waals surface area contributed by atoms with Crippen LogP contribution in [0, 0.1) is 5.92 Å². The molecular formula is C27H41N5O3. The Bertz CT molecular complexity index is 935. The van der Waals surface area contributed by atoms with Crippen molar-refractivity contribution < 1.29 is 14.4 Å². The lowest BCUT2D eigenvalue weighted by molar-refractivity contribution is -0.132. The SMILES string of the molecule is CNC(=O)C(C)(C)NC(=O)CN1CC2(CCC(NC)(c3ccccc3)CC2)N(CC2CCC2)C1=O. The fourth-order valence-electron chi connectivity index (χ4n) is 6.15. The van der Waals surface area contributed by atoms with Crippen molar-refractivity contribution in [3.63, 3.8) is 0 Å². The molecule has 0 atom stereocenters. The fraction of sp³-hybridized carbons (Fsp3) is 0.667. The Kier molecular flexibility index (Phi) is 7.13. The molecule has 1 aromatic rings. The zero-order chi connectivity index (χ0) is 25.3. The number of nitrogens with zero attached hydrogens (tertiary/aromatic N) is 2. The largest absolute Gasteiger partial charge is 0.357 e. The molecule has 4 rings (SSSR count). The van der Waals surface area contributed by atoms with E-state index in [1.54, 1.807) is 25.8 Å². The maximum atomic E-state index is 13.6. The van der Waals surface area contributed by atoms with Crippen LogP contribution in [0.25, 0.3) is 0 Å². The molecule has 1 spiro atoms. The van der Waals surface area contributed by atoms with E-state index in [9.17, 15) is 14.4 Å². The topological polar surface area (TPSA) is 93.8 Å². The second-order valence-electron chi connectivity index (χ2n) is 11.2. The van der Waals surface area contributed by atoms with Gasteiger partial charge in [0.25, 0.3) is 0 Å². The highest BCUT2D eigenvalue weighted by atomic mass is 16.2. The van der Waals surface area contributed by atoms with E-state index >= 15 is 0 Å². The minimum absolute atomic E-state index is 0.0297. The van der Waals surface area contributed by atoms with Crippen LogP contribution >= 0.6 is 0 Å². The van der Waals surface area contributed by atoms with Crippen LogP contribution in [-0.4, -0.2) is 72.5 Å². The summed E-state index contributed by atoms with van der Waals surface area (Å²) in [6.07, 6.45) is 7.23. The maximum absolute atomic E-state index is 13.6. The predicted molar refractivity (Wildman–Crippen MR) is 136 cm³/mol. The quantitative estimate of drug-likeness (QED) is 0.530. The van der Waals surface area contributed by atoms with Gasteiger partial charge < -0.3 is 25.8 Å². The Labute approximate surface area is 209 Å². The van der Waals surface area contributed by atoms with Crippen LogP contribution in [0.4, 0.5) is 4.79 Å². The van der Waals surface area contributed by atoms with E-state index in [0.29, 0.717) is 12.5 Å². The monoisotopic (exact) mass is 483 g/mol. The van der Waals surface area contributed by atoms with Gasteiger partial charge >= 0.3 is 6.03 Å². The van der Waals surface area contributed by atoms with E-state index in [1.165, 1.54) is 24.8 Å². The summed E-state index contributed by atoms with van der Waals surface area (Å²) in [5, 5.41) is 8.97. The Balaban J connectivity index is 1.50. The van der Waals surface area contributed by atoms with Crippen molar-refractivity contribution in [2.24, 2.45) is 5.92 Å². The normalized spacial score (nSPS) is 27.1. The van der Waals surface area contributed by atoms with Crippen molar-refractivity contribution in [1.29, 1.82) is 0 Å². The van der Waals surface area contributed by atoms with Crippen molar-refractivity contribution in [3.8, 4) is 0 Å². The summed E-state index contributed by atoms with van der Waals surface area (Å²) in [5.74, 6) is -0.0163. The van der Waals surface area contributed by atoms with Crippen molar-refractivity contribution in [2.75, 3.05) is 33.7 Å². The third-order valence-corrected chi connectivity index (χ3v) is 8.65. The number of hydrogen-bond acceptors (Lipinski definition) is 4. The molecule has 8 nitrogen and oxygen atoms in total. The number of hydrogen-bond donors (Lipinski definition) is 3. The maximum Gasteiger partial charge on any atom is 0.321 e. The highest BCUT2D eigenvalue weighted by molar-refractivity contribution is 5.92. The minimum atomic E-state index is -1.04. The molecule has 3 N–H and O–H groups in total. The van der Waals surface area contributed by atoms with Gasteiger partial charge in [0.15, 0.2) is 0 Å². The van der Waals surface area contributed by atoms with Crippen molar-refractivity contribution >= 4 is 17.8 Å². The molecular weight excluding hydrogens is 442 g/mol. The number of nitrogens with one attached hydrogen (secondary N) is 3. The standard InChI is InChI=1S/C27H41N5O3/c1-25(2,23(34)28-3)30-22(33)18-31-19-26(32(24(31)35)17-20-9-8-10-20)13-15-27(29-4,16-14-26)21-11-6-5-7-12-21/h5-7,11-12,20,29H,8-10,13-19H2,1-4H3,(H,28,34)(H,30,33). The van der Waals surface area contributed by atoms with Gasteiger partial charge in [0.1, 0.15) is 12.1 Å². The molecule has 4 amide bonds. The number of carbonyl (C=O) groups is 3. The van der Waals surface area contributed by atoms with Gasteiger partial charge in [0.2, 0.25) is 11.8 Å². The Morgan fingerprint density at radius 2 is 1.71 bits per heavy atom. The third kappa shape index (κ3) is 4.90. The third-order valence-electron chi connectivity index (χ3n) is 8.65. The summed E-state index contributed by atoms with van der Waals surface area (Å²) >= 11 is 0. The number of carbonyl (C=O) groups excluding carboxylic acids is 3. The van der Waals surface area contributed by atoms with E-state index in [4.69, 9.17) is 0 Å². The second-order valence-corrected chi connectivity index (χ2v) is 11.2. The molecule has 1 aliphatic heterocycles. The number of likely N-dealkylation sites (N-methyl/N-ethyl adjacent to an activating group) is 1. The molecule has 0 aromatic heterocycles. The highest BCUT2D eigenvalue weighted by Gasteiger charge is 2.54. The summed E-state index contributed by atoms with van der Waals surface area (Å²) in [5.41, 5.74) is -0.0941. The van der Waals surface area contributed by atoms with Gasteiger partial charge in [-0.05, 0) is 70.9 Å². The molecule has 0 unspecified atom stereocenters. The summed E-state index contributed by atoms with van der Waals surface area (Å²) in [6, 6.07) is 10.5. The van der Waals surface area contributed by atoms with Crippen LogP contribution in [0.2, 0.25) is 0 Å². The first kappa shape index (κ1) is 25.5. The van der Waals surface area contributed by atoms with Gasteiger partial charge in [-0.1, -0.05) is 36.8 Å². The van der Waals surface area contributed by atoms with Crippen LogP contribution in [0.15, 0.2) is 30.3 Å². The Morgan fingerprint density at radius 1 is 1.06 bits per heavy atom. The molecule has 1 heterocycles. The summed E-state index contributed by atoms with van der Waals surface area (Å²) < 4.78 is 0. The first-order chi connectivity index (χ1) is 16.6. The number of amides is 4. The second kappa shape index (κ2) is 9.80. The molecule has 0 radical (unpaired) electrons. The van der Waals surface area contributed by atoms with E-state index < -0.39 is 5.54 Å². The molecule has 2 saturated carbocycles. The summed E-state index contributed by atoms with van der Waals surface area (Å²) in [7, 11) is 3.58. The van der Waals surface area contributed by atoms with Crippen LogP contribution < -0.4 is 16.0 Å². The molecule has 8 heteroatoms. The van der Waals surface area contributed by atoms with E-state index in [2.05, 4.69) is 45.1 Å². The average molecular weight is 484 g/mol. The number of benzene rings is 1. The molecule has 192 valence electrons. The smallest absolute Gasteiger partial charge is 0.321 e. The highest BCUT2D eigenvalue weighted by Crippen LogP contribution is 2.47. The molecule has 1 aromatic carbocycles. The lowest BCUT2D eigenvalue weighted by Crippen LogP contribution is -2.56. The Morgan fingerprint density at radius 3 is 2.26 bits per heavy atom. The fourth-order valence-corrected chi connectivity index (χ4v) is 6.15. The van der Waals surface area contributed by atoms with Gasteiger partial charge in [0.05, 0.1) is 5.54 Å². The van der Waals surface area contributed by atoms with Gasteiger partial charge in [-0.2, -0.15) is 0 Å². The predicted octanol–water partition coefficient (Wildman–Crippen LogP) is 2.59. The number of rotatable bonds is 8. The van der Waals surface area contributed by atoms with E-state index in [1.807, 2.05) is 13.1 Å². The van der Waals surface area contributed by atoms with Crippen LogP contribution in [0.5, 0.6) is 0 Å². The van der Waals surface area contributed by atoms with E-state index in [-0.39, 0.29) is 35.5 Å². The van der Waals surface area contributed by atoms with Crippen LogP contribution in [0.1, 0.15) is 64.4 Å². The number of urea groups is 1. The lowest BCUT2D eigenvalue weighted by atomic mass is 9.68. The van der Waals surface area contributed by atoms with Crippen molar-refractivity contribution in [2.45, 2.75) is 75.4 Å². The van der Waals surface area contributed by atoms with Gasteiger partial charge in [0, 0.05) is 25.7 Å². The van der Waals surface area contributed by atoms with Crippen molar-refractivity contribution in [1.82, 2.24) is 25.8 Å². The average Bonchev–Trinajstić information content (AvgIpc) is 3.06. The Hall–Kier alpha value is -2.61. The van der Waals surface area contributed by atoms with Gasteiger partial charge in [-0.25, -0.2) is 4.79 Å². The van der Waals surface area contributed by atoms with E-state index in [0.717, 1.165) is 32.2 Å². The zero-order valence-corrected chi connectivity index (χ0v) is 21.7. The van der Waals surface area contributed by atoms with Gasteiger partial charge in [-0.15, -0.1) is 0 Å². The zero-order valence-electron chi connectivity index (χ0n) is 21.7. The van der Waals surface area contributed by atoms with Crippen LogP contribution in [-0.2, 0) is 15.1 Å². The molecule has 3 fully saturated rings.